The fourth-order valence-electron chi connectivity index (χ4n) is 3.08. The Kier molecular flexibility index (Phi) is 3.99. The van der Waals surface area contributed by atoms with E-state index in [-0.39, 0.29) is 0 Å². The first kappa shape index (κ1) is 16.5. The molecule has 136 valence electrons. The molecule has 0 radical (unpaired) electrons. The molecule has 0 unspecified atom stereocenters. The first-order chi connectivity index (χ1) is 13.8. The number of nitrogen functional groups attached to an aromatic ring is 1. The summed E-state index contributed by atoms with van der Waals surface area (Å²) in [7, 11) is 0. The molecule has 2 aromatic heterocycles. The van der Waals surface area contributed by atoms with E-state index in [0.29, 0.717) is 17.3 Å². The van der Waals surface area contributed by atoms with Crippen LogP contribution in [0.25, 0.3) is 21.0 Å². The number of anilines is 5. The molecule has 0 aliphatic rings. The molecule has 5 rings (SSSR count). The molecule has 6 nitrogen and oxygen atoms in total. The number of rotatable bonds is 4. The zero-order valence-electron chi connectivity index (χ0n) is 14.8. The molecule has 0 saturated carbocycles. The maximum absolute atomic E-state index is 6.34. The minimum Gasteiger partial charge on any atom is -0.393 e. The lowest BCUT2D eigenvalue weighted by atomic mass is 10.1. The highest BCUT2D eigenvalue weighted by molar-refractivity contribution is 7.22. The van der Waals surface area contributed by atoms with Crippen LogP contribution in [0.1, 0.15) is 0 Å². The Labute approximate surface area is 165 Å². The van der Waals surface area contributed by atoms with Gasteiger partial charge in [0.1, 0.15) is 12.0 Å². The predicted octanol–water partition coefficient (Wildman–Crippen LogP) is 5.31. The van der Waals surface area contributed by atoms with Crippen molar-refractivity contribution >= 4 is 60.5 Å². The second kappa shape index (κ2) is 6.79. The van der Waals surface area contributed by atoms with Crippen molar-refractivity contribution in [3.05, 3.63) is 73.1 Å². The van der Waals surface area contributed by atoms with Gasteiger partial charge in [-0.25, -0.2) is 15.0 Å². The van der Waals surface area contributed by atoms with Gasteiger partial charge in [-0.2, -0.15) is 0 Å². The third-order valence-electron chi connectivity index (χ3n) is 4.45. The molecule has 0 aliphatic carbocycles. The molecule has 5 aromatic rings. The summed E-state index contributed by atoms with van der Waals surface area (Å²) in [5, 5.41) is 9.54. The number of thiazole rings is 1. The largest absolute Gasteiger partial charge is 0.393 e. The van der Waals surface area contributed by atoms with Gasteiger partial charge in [-0.05, 0) is 23.6 Å². The highest BCUT2D eigenvalue weighted by Crippen LogP contribution is 2.33. The average Bonchev–Trinajstić information content (AvgIpc) is 3.14. The molecule has 0 fully saturated rings. The van der Waals surface area contributed by atoms with Crippen molar-refractivity contribution in [2.24, 2.45) is 0 Å². The summed E-state index contributed by atoms with van der Waals surface area (Å²) in [6.45, 7) is 0. The number of hydrogen-bond donors (Lipinski definition) is 3. The molecule has 28 heavy (non-hydrogen) atoms. The zero-order valence-corrected chi connectivity index (χ0v) is 15.6. The lowest BCUT2D eigenvalue weighted by Crippen LogP contribution is -2.05. The number of fused-ring (bicyclic) bond motifs is 2. The summed E-state index contributed by atoms with van der Waals surface area (Å²) in [5.74, 6) is 1.08. The van der Waals surface area contributed by atoms with Crippen molar-refractivity contribution < 1.29 is 0 Å². The van der Waals surface area contributed by atoms with E-state index in [0.717, 1.165) is 31.8 Å². The molecule has 4 N–H and O–H groups in total. The van der Waals surface area contributed by atoms with Crippen LogP contribution in [0, 0.1) is 0 Å². The Morgan fingerprint density at radius 1 is 0.786 bits per heavy atom. The minimum absolute atomic E-state index is 0.440. The lowest BCUT2D eigenvalue weighted by molar-refractivity contribution is 1.17. The van der Waals surface area contributed by atoms with E-state index in [1.54, 1.807) is 11.3 Å². The average molecular weight is 384 g/mol. The second-order valence-electron chi connectivity index (χ2n) is 6.25. The van der Waals surface area contributed by atoms with Crippen LogP contribution in [-0.4, -0.2) is 15.0 Å². The Hall–Kier alpha value is -3.71. The summed E-state index contributed by atoms with van der Waals surface area (Å²) in [5.41, 5.74) is 8.66. The van der Waals surface area contributed by atoms with Gasteiger partial charge in [0.15, 0.2) is 16.8 Å². The van der Waals surface area contributed by atoms with Crippen molar-refractivity contribution in [2.45, 2.75) is 0 Å². The van der Waals surface area contributed by atoms with E-state index < -0.39 is 0 Å². The van der Waals surface area contributed by atoms with Crippen LogP contribution in [0.3, 0.4) is 0 Å². The first-order valence-electron chi connectivity index (χ1n) is 8.76. The monoisotopic (exact) mass is 384 g/mol. The van der Waals surface area contributed by atoms with Crippen molar-refractivity contribution in [3.63, 3.8) is 0 Å². The fraction of sp³-hybridized carbons (Fsp3) is 0. The highest BCUT2D eigenvalue weighted by Gasteiger charge is 2.12. The molecule has 7 heteroatoms. The molecule has 0 amide bonds. The van der Waals surface area contributed by atoms with Crippen LogP contribution in [0.15, 0.2) is 73.1 Å². The Balaban J connectivity index is 1.48. The van der Waals surface area contributed by atoms with Gasteiger partial charge < -0.3 is 16.4 Å². The first-order valence-corrected chi connectivity index (χ1v) is 9.57. The van der Waals surface area contributed by atoms with E-state index in [9.17, 15) is 0 Å². The number of aromatic nitrogens is 3. The Morgan fingerprint density at radius 3 is 2.43 bits per heavy atom. The molecule has 2 heterocycles. The predicted molar refractivity (Wildman–Crippen MR) is 117 cm³/mol. The van der Waals surface area contributed by atoms with Gasteiger partial charge in [-0.1, -0.05) is 59.9 Å². The second-order valence-corrected chi connectivity index (χ2v) is 7.28. The van der Waals surface area contributed by atoms with E-state index in [1.807, 2.05) is 48.5 Å². The van der Waals surface area contributed by atoms with Crippen molar-refractivity contribution in [1.82, 2.24) is 15.0 Å². The smallest absolute Gasteiger partial charge is 0.189 e. The number of nitrogens with zero attached hydrogens (tertiary/aromatic N) is 3. The van der Waals surface area contributed by atoms with Crippen LogP contribution >= 0.6 is 11.3 Å². The lowest BCUT2D eigenvalue weighted by Gasteiger charge is -2.13. The third kappa shape index (κ3) is 2.97. The third-order valence-corrected chi connectivity index (χ3v) is 5.40. The topological polar surface area (TPSA) is 88.8 Å². The van der Waals surface area contributed by atoms with E-state index in [1.165, 1.54) is 6.33 Å². The van der Waals surface area contributed by atoms with E-state index in [2.05, 4.69) is 43.8 Å². The van der Waals surface area contributed by atoms with E-state index >= 15 is 0 Å². The number of hydrogen-bond acceptors (Lipinski definition) is 7. The van der Waals surface area contributed by atoms with Gasteiger partial charge in [-0.15, -0.1) is 0 Å². The normalized spacial score (nSPS) is 11.0. The molecular formula is C21H16N6S. The molecular weight excluding hydrogens is 368 g/mol. The summed E-state index contributed by atoms with van der Waals surface area (Å²) in [4.78, 5) is 13.2. The standard InChI is InChI=1S/C21H16N6S/c22-18-19(25-15-10-5-7-13-6-1-2-8-14(13)15)23-12-24-20(18)27-21-26-16-9-3-4-11-17(16)28-21/h1-12H,22H2,(H2,23,24,25,26,27). The zero-order chi connectivity index (χ0) is 18.9. The van der Waals surface area contributed by atoms with Crippen molar-refractivity contribution in [3.8, 4) is 0 Å². The molecule has 0 saturated heterocycles. The SMILES string of the molecule is Nc1c(Nc2nc3ccccc3s2)ncnc1Nc1cccc2ccccc12. The minimum atomic E-state index is 0.440. The summed E-state index contributed by atoms with van der Waals surface area (Å²) >= 11 is 1.55. The Bertz CT molecular complexity index is 1260. The molecule has 0 atom stereocenters. The van der Waals surface area contributed by atoms with E-state index in [4.69, 9.17) is 5.73 Å². The van der Waals surface area contributed by atoms with Gasteiger partial charge in [0.05, 0.1) is 10.2 Å². The van der Waals surface area contributed by atoms with Gasteiger partial charge in [0.25, 0.3) is 0 Å². The maximum Gasteiger partial charge on any atom is 0.189 e. The van der Waals surface area contributed by atoms with Gasteiger partial charge in [-0.3, -0.25) is 0 Å². The van der Waals surface area contributed by atoms with Crippen LogP contribution in [0.5, 0.6) is 0 Å². The molecule has 0 spiro atoms. The molecule has 0 aliphatic heterocycles. The van der Waals surface area contributed by atoms with Gasteiger partial charge in [0.2, 0.25) is 0 Å². The van der Waals surface area contributed by atoms with Crippen molar-refractivity contribution in [2.75, 3.05) is 16.4 Å². The number of benzene rings is 3. The molecule has 0 bridgehead atoms. The highest BCUT2D eigenvalue weighted by atomic mass is 32.1. The quantitative estimate of drug-likeness (QED) is 0.389. The van der Waals surface area contributed by atoms with Crippen LogP contribution in [0.2, 0.25) is 0 Å². The number of nitrogens with one attached hydrogen (secondary N) is 2. The summed E-state index contributed by atoms with van der Waals surface area (Å²) in [6.07, 6.45) is 1.49. The van der Waals surface area contributed by atoms with Gasteiger partial charge >= 0.3 is 0 Å². The Morgan fingerprint density at radius 2 is 1.54 bits per heavy atom. The number of nitrogens with two attached hydrogens (primary N) is 1. The van der Waals surface area contributed by atoms with Crippen LogP contribution in [-0.2, 0) is 0 Å². The number of para-hydroxylation sites is 1. The summed E-state index contributed by atoms with van der Waals surface area (Å²) < 4.78 is 1.10. The molecule has 3 aromatic carbocycles. The van der Waals surface area contributed by atoms with Gasteiger partial charge in [0, 0.05) is 11.1 Å². The van der Waals surface area contributed by atoms with Crippen LogP contribution in [0.4, 0.5) is 28.1 Å². The maximum atomic E-state index is 6.34. The van der Waals surface area contributed by atoms with Crippen LogP contribution < -0.4 is 16.4 Å². The van der Waals surface area contributed by atoms with Crippen molar-refractivity contribution in [1.29, 1.82) is 0 Å². The summed E-state index contributed by atoms with van der Waals surface area (Å²) in [6, 6.07) is 22.2. The fourth-order valence-corrected chi connectivity index (χ4v) is 3.95.